The molecule has 1 N–H and O–H groups in total. The summed E-state index contributed by atoms with van der Waals surface area (Å²) in [4.78, 5) is 13.0. The Hall–Kier alpha value is -3.52. The minimum absolute atomic E-state index is 0.106. The summed E-state index contributed by atoms with van der Waals surface area (Å²) in [5.41, 5.74) is 1.94. The molecular formula is C25H26N2O5S. The SMILES string of the molecule is CCOc1ccccc1CNC(=O)[C@H]1CN(S(=O)(=O)Cc2ccccc2)c2ccccc2O1. The number of rotatable bonds is 8. The van der Waals surface area contributed by atoms with Crippen LogP contribution in [0.4, 0.5) is 5.69 Å². The molecule has 8 heteroatoms. The van der Waals surface area contributed by atoms with Gasteiger partial charge in [0.25, 0.3) is 5.91 Å². The van der Waals surface area contributed by atoms with E-state index in [-0.39, 0.29) is 18.8 Å². The van der Waals surface area contributed by atoms with Gasteiger partial charge in [-0.25, -0.2) is 8.42 Å². The van der Waals surface area contributed by atoms with Crippen LogP contribution in [0, 0.1) is 0 Å². The molecule has 7 nitrogen and oxygen atoms in total. The number of anilines is 1. The second-order valence-electron chi connectivity index (χ2n) is 7.61. The number of amides is 1. The summed E-state index contributed by atoms with van der Waals surface area (Å²) in [5, 5.41) is 2.85. The third kappa shape index (κ3) is 5.28. The van der Waals surface area contributed by atoms with Crippen LogP contribution in [0.25, 0.3) is 0 Å². The van der Waals surface area contributed by atoms with Gasteiger partial charge in [0.15, 0.2) is 6.10 Å². The second-order valence-corrected chi connectivity index (χ2v) is 9.50. The van der Waals surface area contributed by atoms with Crippen LogP contribution in [0.5, 0.6) is 11.5 Å². The van der Waals surface area contributed by atoms with Crippen molar-refractivity contribution in [1.82, 2.24) is 5.32 Å². The fourth-order valence-electron chi connectivity index (χ4n) is 3.71. The molecule has 0 spiro atoms. The van der Waals surface area contributed by atoms with E-state index in [1.165, 1.54) is 4.31 Å². The summed E-state index contributed by atoms with van der Waals surface area (Å²) < 4.78 is 39.4. The van der Waals surface area contributed by atoms with Gasteiger partial charge >= 0.3 is 0 Å². The molecule has 3 aromatic rings. The molecule has 4 rings (SSSR count). The van der Waals surface area contributed by atoms with E-state index < -0.39 is 22.0 Å². The van der Waals surface area contributed by atoms with Gasteiger partial charge in [0.05, 0.1) is 24.6 Å². The van der Waals surface area contributed by atoms with E-state index in [0.29, 0.717) is 29.4 Å². The number of nitrogens with zero attached hydrogens (tertiary/aromatic N) is 1. The zero-order valence-corrected chi connectivity index (χ0v) is 19.1. The maximum atomic E-state index is 13.3. The molecule has 0 saturated heterocycles. The topological polar surface area (TPSA) is 84.9 Å². The predicted octanol–water partition coefficient (Wildman–Crippen LogP) is 3.50. The Labute approximate surface area is 194 Å². The number of carbonyl (C=O) groups excluding carboxylic acids is 1. The van der Waals surface area contributed by atoms with Gasteiger partial charge in [0.2, 0.25) is 10.0 Å². The molecular weight excluding hydrogens is 440 g/mol. The monoisotopic (exact) mass is 466 g/mol. The van der Waals surface area contributed by atoms with Gasteiger partial charge in [-0.2, -0.15) is 0 Å². The third-order valence-corrected chi connectivity index (χ3v) is 7.00. The molecule has 0 saturated carbocycles. The lowest BCUT2D eigenvalue weighted by Gasteiger charge is -2.34. The van der Waals surface area contributed by atoms with Crippen molar-refractivity contribution in [1.29, 1.82) is 0 Å². The van der Waals surface area contributed by atoms with Crippen molar-refractivity contribution in [2.45, 2.75) is 25.3 Å². The molecule has 1 aliphatic rings. The largest absolute Gasteiger partial charge is 0.494 e. The summed E-state index contributed by atoms with van der Waals surface area (Å²) in [5.74, 6) is 0.492. The smallest absolute Gasteiger partial charge is 0.263 e. The van der Waals surface area contributed by atoms with Crippen LogP contribution in [0.1, 0.15) is 18.1 Å². The Balaban J connectivity index is 1.53. The van der Waals surface area contributed by atoms with E-state index in [1.54, 1.807) is 48.5 Å². The molecule has 1 atom stereocenters. The number of carbonyl (C=O) groups is 1. The molecule has 0 aliphatic carbocycles. The van der Waals surface area contributed by atoms with Gasteiger partial charge in [-0.3, -0.25) is 9.10 Å². The fraction of sp³-hybridized carbons (Fsp3) is 0.240. The second kappa shape index (κ2) is 9.95. The first kappa shape index (κ1) is 22.7. The highest BCUT2D eigenvalue weighted by Crippen LogP contribution is 2.35. The standard InChI is InChI=1S/C25H26N2O5S/c1-2-31-22-14-8-6-12-20(22)16-26-25(28)24-17-27(21-13-7-9-15-23(21)32-24)33(29,30)18-19-10-4-3-5-11-19/h3-15,24H,2,16-18H2,1H3,(H,26,28)/t24-/m1/s1. The van der Waals surface area contributed by atoms with Crippen LogP contribution in [0.2, 0.25) is 0 Å². The molecule has 172 valence electrons. The van der Waals surface area contributed by atoms with Gasteiger partial charge < -0.3 is 14.8 Å². The Kier molecular flexibility index (Phi) is 6.84. The number of fused-ring (bicyclic) bond motifs is 1. The maximum absolute atomic E-state index is 13.3. The average Bonchev–Trinajstić information content (AvgIpc) is 2.83. The zero-order chi connectivity index (χ0) is 23.3. The normalized spacial score (nSPS) is 15.3. The lowest BCUT2D eigenvalue weighted by molar-refractivity contribution is -0.127. The molecule has 1 amide bonds. The summed E-state index contributed by atoms with van der Waals surface area (Å²) in [7, 11) is -3.74. The lowest BCUT2D eigenvalue weighted by Crippen LogP contribution is -2.50. The summed E-state index contributed by atoms with van der Waals surface area (Å²) in [6.45, 7) is 2.55. The van der Waals surface area contributed by atoms with Gasteiger partial charge in [0.1, 0.15) is 11.5 Å². The van der Waals surface area contributed by atoms with Gasteiger partial charge in [0, 0.05) is 12.1 Å². The van der Waals surface area contributed by atoms with E-state index in [1.807, 2.05) is 37.3 Å². The molecule has 33 heavy (non-hydrogen) atoms. The van der Waals surface area contributed by atoms with Crippen molar-refractivity contribution < 1.29 is 22.7 Å². The Morgan fingerprint density at radius 2 is 1.73 bits per heavy atom. The van der Waals surface area contributed by atoms with Crippen molar-refractivity contribution >= 4 is 21.6 Å². The van der Waals surface area contributed by atoms with Crippen molar-refractivity contribution in [3.8, 4) is 11.5 Å². The minimum Gasteiger partial charge on any atom is -0.494 e. The molecule has 0 fully saturated rings. The van der Waals surface area contributed by atoms with Crippen LogP contribution in [0.3, 0.4) is 0 Å². The van der Waals surface area contributed by atoms with E-state index in [9.17, 15) is 13.2 Å². The molecule has 0 unspecified atom stereocenters. The molecule has 0 aromatic heterocycles. The molecule has 3 aromatic carbocycles. The predicted molar refractivity (Wildman–Crippen MR) is 127 cm³/mol. The van der Waals surface area contributed by atoms with E-state index in [4.69, 9.17) is 9.47 Å². The van der Waals surface area contributed by atoms with Crippen LogP contribution in [0.15, 0.2) is 78.9 Å². The number of sulfonamides is 1. The average molecular weight is 467 g/mol. The lowest BCUT2D eigenvalue weighted by atomic mass is 10.2. The van der Waals surface area contributed by atoms with Crippen molar-refractivity contribution in [2.75, 3.05) is 17.5 Å². The van der Waals surface area contributed by atoms with Crippen LogP contribution >= 0.6 is 0 Å². The molecule has 1 aliphatic heterocycles. The van der Waals surface area contributed by atoms with Crippen molar-refractivity contribution in [3.63, 3.8) is 0 Å². The number of benzene rings is 3. The summed E-state index contributed by atoms with van der Waals surface area (Å²) >= 11 is 0. The minimum atomic E-state index is -3.74. The van der Waals surface area contributed by atoms with Crippen molar-refractivity contribution in [2.24, 2.45) is 0 Å². The number of nitrogens with one attached hydrogen (secondary N) is 1. The molecule has 1 heterocycles. The molecule has 0 radical (unpaired) electrons. The number of para-hydroxylation sites is 3. The summed E-state index contributed by atoms with van der Waals surface area (Å²) in [6.07, 6.45) is -0.982. The first-order valence-electron chi connectivity index (χ1n) is 10.8. The van der Waals surface area contributed by atoms with Gasteiger partial charge in [-0.05, 0) is 30.7 Å². The first-order valence-corrected chi connectivity index (χ1v) is 12.4. The number of ether oxygens (including phenoxy) is 2. The van der Waals surface area contributed by atoms with Crippen LogP contribution in [-0.4, -0.2) is 33.6 Å². The van der Waals surface area contributed by atoms with Crippen LogP contribution < -0.4 is 19.1 Å². The fourth-order valence-corrected chi connectivity index (χ4v) is 5.29. The summed E-state index contributed by atoms with van der Waals surface area (Å²) in [6, 6.07) is 23.3. The highest BCUT2D eigenvalue weighted by molar-refractivity contribution is 7.92. The Bertz CT molecular complexity index is 1210. The van der Waals surface area contributed by atoms with Gasteiger partial charge in [-0.1, -0.05) is 60.7 Å². The Morgan fingerprint density at radius 3 is 2.52 bits per heavy atom. The van der Waals surface area contributed by atoms with E-state index in [2.05, 4.69) is 5.32 Å². The Morgan fingerprint density at radius 1 is 1.03 bits per heavy atom. The quantitative estimate of drug-likeness (QED) is 0.549. The van der Waals surface area contributed by atoms with Gasteiger partial charge in [-0.15, -0.1) is 0 Å². The van der Waals surface area contributed by atoms with Crippen LogP contribution in [-0.2, 0) is 27.1 Å². The van der Waals surface area contributed by atoms with Crippen molar-refractivity contribution in [3.05, 3.63) is 90.0 Å². The highest BCUT2D eigenvalue weighted by atomic mass is 32.2. The highest BCUT2D eigenvalue weighted by Gasteiger charge is 2.36. The van der Waals surface area contributed by atoms with E-state index >= 15 is 0 Å². The zero-order valence-electron chi connectivity index (χ0n) is 18.3. The maximum Gasteiger partial charge on any atom is 0.263 e. The number of hydrogen-bond donors (Lipinski definition) is 1. The third-order valence-electron chi connectivity index (χ3n) is 5.28. The molecule has 0 bridgehead atoms. The number of hydrogen-bond acceptors (Lipinski definition) is 5. The van der Waals surface area contributed by atoms with E-state index in [0.717, 1.165) is 5.56 Å². The first-order chi connectivity index (χ1) is 16.0.